The molecule has 0 saturated carbocycles. The normalized spacial score (nSPS) is 10.6. The van der Waals surface area contributed by atoms with E-state index in [1.807, 2.05) is 55.1 Å². The molecule has 0 fully saturated rings. The molecule has 0 unspecified atom stereocenters. The molecule has 2 heterocycles. The van der Waals surface area contributed by atoms with Gasteiger partial charge in [0, 0.05) is 31.4 Å². The van der Waals surface area contributed by atoms with Crippen molar-refractivity contribution in [1.29, 1.82) is 0 Å². The summed E-state index contributed by atoms with van der Waals surface area (Å²) in [6, 6.07) is 9.93. The van der Waals surface area contributed by atoms with Crippen molar-refractivity contribution in [3.8, 4) is 22.0 Å². The minimum atomic E-state index is -0.0419. The molecule has 0 aliphatic rings. The van der Waals surface area contributed by atoms with E-state index in [-0.39, 0.29) is 5.91 Å². The molecule has 0 bridgehead atoms. The minimum absolute atomic E-state index is 0.0419. The van der Waals surface area contributed by atoms with Crippen LogP contribution in [-0.2, 0) is 11.8 Å². The van der Waals surface area contributed by atoms with Crippen LogP contribution in [-0.4, -0.2) is 20.4 Å². The fourth-order valence-electron chi connectivity index (χ4n) is 2.11. The van der Waals surface area contributed by atoms with Crippen molar-refractivity contribution in [2.75, 3.05) is 5.32 Å². The molecule has 0 atom stereocenters. The first-order valence-electron chi connectivity index (χ1n) is 7.03. The molecule has 3 aromatic rings. The largest absolute Gasteiger partial charge is 0.333 e. The summed E-state index contributed by atoms with van der Waals surface area (Å²) in [6.07, 6.45) is 4.08. The SMILES string of the molecule is CCC(=O)Nc1nc(-c2ccccc2)c(-c2nccn2C)s1. The topological polar surface area (TPSA) is 59.8 Å². The number of nitrogens with zero attached hydrogens (tertiary/aromatic N) is 3. The van der Waals surface area contributed by atoms with Crippen LogP contribution in [0.5, 0.6) is 0 Å². The van der Waals surface area contributed by atoms with Crippen molar-refractivity contribution in [2.45, 2.75) is 13.3 Å². The predicted octanol–water partition coefficient (Wildman–Crippen LogP) is 3.56. The molecule has 0 spiro atoms. The van der Waals surface area contributed by atoms with Gasteiger partial charge in [0.1, 0.15) is 0 Å². The smallest absolute Gasteiger partial charge is 0.225 e. The summed E-state index contributed by atoms with van der Waals surface area (Å²) in [5.41, 5.74) is 1.85. The Morgan fingerprint density at radius 3 is 2.73 bits per heavy atom. The fraction of sp³-hybridized carbons (Fsp3) is 0.188. The third-order valence-corrected chi connectivity index (χ3v) is 4.23. The summed E-state index contributed by atoms with van der Waals surface area (Å²) < 4.78 is 1.95. The van der Waals surface area contributed by atoms with Crippen molar-refractivity contribution in [2.24, 2.45) is 7.05 Å². The maximum Gasteiger partial charge on any atom is 0.225 e. The lowest BCUT2D eigenvalue weighted by Crippen LogP contribution is -2.08. The van der Waals surface area contributed by atoms with Gasteiger partial charge in [-0.1, -0.05) is 48.6 Å². The predicted molar refractivity (Wildman–Crippen MR) is 88.7 cm³/mol. The Bertz CT molecular complexity index is 792. The summed E-state index contributed by atoms with van der Waals surface area (Å²) in [6.45, 7) is 1.82. The molecule has 3 rings (SSSR count). The number of imidazole rings is 1. The number of aromatic nitrogens is 3. The van der Waals surface area contributed by atoms with Crippen molar-refractivity contribution >= 4 is 22.4 Å². The molecule has 112 valence electrons. The zero-order valence-electron chi connectivity index (χ0n) is 12.4. The highest BCUT2D eigenvalue weighted by Crippen LogP contribution is 2.38. The summed E-state index contributed by atoms with van der Waals surface area (Å²) in [4.78, 5) is 21.6. The third-order valence-electron chi connectivity index (χ3n) is 3.27. The van der Waals surface area contributed by atoms with Crippen LogP contribution in [0.1, 0.15) is 13.3 Å². The standard InChI is InChI=1S/C16H16N4OS/c1-3-12(21)18-16-19-13(11-7-5-4-6-8-11)14(22-16)15-17-9-10-20(15)2/h4-10H,3H2,1-2H3,(H,18,19,21). The van der Waals surface area contributed by atoms with Gasteiger partial charge in [0.05, 0.1) is 10.6 Å². The highest BCUT2D eigenvalue weighted by molar-refractivity contribution is 7.19. The maximum absolute atomic E-state index is 11.6. The van der Waals surface area contributed by atoms with E-state index in [1.54, 1.807) is 6.20 Å². The van der Waals surface area contributed by atoms with Crippen molar-refractivity contribution in [3.05, 3.63) is 42.7 Å². The van der Waals surface area contributed by atoms with E-state index in [2.05, 4.69) is 15.3 Å². The molecular weight excluding hydrogens is 296 g/mol. The molecule has 0 aliphatic heterocycles. The van der Waals surface area contributed by atoms with Gasteiger partial charge in [-0.05, 0) is 0 Å². The number of benzene rings is 1. The Balaban J connectivity index is 2.10. The zero-order chi connectivity index (χ0) is 15.5. The van der Waals surface area contributed by atoms with Gasteiger partial charge in [-0.3, -0.25) is 4.79 Å². The second-order valence-corrected chi connectivity index (χ2v) is 5.83. The summed E-state index contributed by atoms with van der Waals surface area (Å²) in [5, 5.41) is 3.44. The molecule has 5 nitrogen and oxygen atoms in total. The van der Waals surface area contributed by atoms with Crippen molar-refractivity contribution in [1.82, 2.24) is 14.5 Å². The summed E-state index contributed by atoms with van der Waals surface area (Å²) in [7, 11) is 1.95. The van der Waals surface area contributed by atoms with E-state index < -0.39 is 0 Å². The Hall–Kier alpha value is -2.47. The van der Waals surface area contributed by atoms with Gasteiger partial charge in [-0.2, -0.15) is 0 Å². The second-order valence-electron chi connectivity index (χ2n) is 4.83. The molecule has 1 amide bonds. The zero-order valence-corrected chi connectivity index (χ0v) is 13.2. The van der Waals surface area contributed by atoms with Crippen LogP contribution in [0.25, 0.3) is 22.0 Å². The average Bonchev–Trinajstić information content (AvgIpc) is 3.14. The van der Waals surface area contributed by atoms with E-state index in [1.165, 1.54) is 11.3 Å². The lowest BCUT2D eigenvalue weighted by atomic mass is 10.1. The van der Waals surface area contributed by atoms with Crippen molar-refractivity contribution in [3.63, 3.8) is 0 Å². The number of rotatable bonds is 4. The number of aryl methyl sites for hydroxylation is 1. The number of nitrogens with one attached hydrogen (secondary N) is 1. The summed E-state index contributed by atoms with van der Waals surface area (Å²) >= 11 is 1.44. The number of amides is 1. The lowest BCUT2D eigenvalue weighted by molar-refractivity contribution is -0.115. The van der Waals surface area contributed by atoms with Gasteiger partial charge >= 0.3 is 0 Å². The van der Waals surface area contributed by atoms with E-state index in [4.69, 9.17) is 0 Å². The van der Waals surface area contributed by atoms with Crippen molar-refractivity contribution < 1.29 is 4.79 Å². The highest BCUT2D eigenvalue weighted by atomic mass is 32.1. The minimum Gasteiger partial charge on any atom is -0.333 e. The number of carbonyl (C=O) groups excluding carboxylic acids is 1. The Morgan fingerprint density at radius 1 is 1.32 bits per heavy atom. The number of hydrogen-bond acceptors (Lipinski definition) is 4. The first-order chi connectivity index (χ1) is 10.7. The average molecular weight is 312 g/mol. The van der Waals surface area contributed by atoms with Gasteiger partial charge < -0.3 is 9.88 Å². The van der Waals surface area contributed by atoms with E-state index >= 15 is 0 Å². The first kappa shape index (κ1) is 14.5. The third kappa shape index (κ3) is 2.78. The Morgan fingerprint density at radius 2 is 2.09 bits per heavy atom. The molecular formula is C16H16N4OS. The number of thiazole rings is 1. The van der Waals surface area contributed by atoms with Crippen LogP contribution in [0.2, 0.25) is 0 Å². The molecule has 0 radical (unpaired) electrons. The van der Waals surface area contributed by atoms with Gasteiger partial charge in [0.15, 0.2) is 11.0 Å². The highest BCUT2D eigenvalue weighted by Gasteiger charge is 2.18. The quantitative estimate of drug-likeness (QED) is 0.801. The fourth-order valence-corrected chi connectivity index (χ4v) is 3.15. The Kier molecular flexibility index (Phi) is 4.02. The van der Waals surface area contributed by atoms with Crippen LogP contribution in [0.15, 0.2) is 42.7 Å². The van der Waals surface area contributed by atoms with Crippen LogP contribution in [0.3, 0.4) is 0 Å². The molecule has 6 heteroatoms. The molecule has 1 N–H and O–H groups in total. The van der Waals surface area contributed by atoms with Crippen LogP contribution < -0.4 is 5.32 Å². The monoisotopic (exact) mass is 312 g/mol. The van der Waals surface area contributed by atoms with Gasteiger partial charge in [0.25, 0.3) is 0 Å². The Labute approximate surface area is 132 Å². The van der Waals surface area contributed by atoms with Gasteiger partial charge in [-0.15, -0.1) is 0 Å². The lowest BCUT2D eigenvalue weighted by Gasteiger charge is -2.02. The molecule has 0 aliphatic carbocycles. The van der Waals surface area contributed by atoms with Crippen LogP contribution in [0, 0.1) is 0 Å². The summed E-state index contributed by atoms with van der Waals surface area (Å²) in [5.74, 6) is 0.799. The molecule has 2 aromatic heterocycles. The van der Waals surface area contributed by atoms with E-state index in [0.29, 0.717) is 11.6 Å². The first-order valence-corrected chi connectivity index (χ1v) is 7.84. The van der Waals surface area contributed by atoms with E-state index in [0.717, 1.165) is 22.0 Å². The number of hydrogen-bond donors (Lipinski definition) is 1. The van der Waals surface area contributed by atoms with Crippen LogP contribution in [0.4, 0.5) is 5.13 Å². The van der Waals surface area contributed by atoms with Gasteiger partial charge in [-0.25, -0.2) is 9.97 Å². The van der Waals surface area contributed by atoms with E-state index in [9.17, 15) is 4.79 Å². The molecule has 0 saturated heterocycles. The molecule has 22 heavy (non-hydrogen) atoms. The second kappa shape index (κ2) is 6.11. The van der Waals surface area contributed by atoms with Crippen LogP contribution >= 0.6 is 11.3 Å². The molecule has 1 aromatic carbocycles. The number of carbonyl (C=O) groups is 1. The van der Waals surface area contributed by atoms with Gasteiger partial charge in [0.2, 0.25) is 5.91 Å². The number of anilines is 1. The maximum atomic E-state index is 11.6.